The molecule has 1 rings (SSSR count). The minimum atomic E-state index is 0.150. The van der Waals surface area contributed by atoms with E-state index in [1.807, 2.05) is 14.1 Å². The van der Waals surface area contributed by atoms with Crippen LogP contribution in [0.5, 0.6) is 0 Å². The van der Waals surface area contributed by atoms with E-state index in [1.54, 1.807) is 0 Å². The molecule has 0 aliphatic heterocycles. The zero-order valence-corrected chi connectivity index (χ0v) is 31.0. The highest BCUT2D eigenvalue weighted by molar-refractivity contribution is 6.56. The predicted molar refractivity (Wildman–Crippen MR) is 197 cm³/mol. The third-order valence-electron chi connectivity index (χ3n) is 9.82. The van der Waals surface area contributed by atoms with Crippen LogP contribution in [-0.2, 0) is 0 Å². The van der Waals surface area contributed by atoms with Crippen molar-refractivity contribution in [3.63, 3.8) is 0 Å². The predicted octanol–water partition coefficient (Wildman–Crippen LogP) is 12.9. The molecule has 0 N–H and O–H groups in total. The first-order valence-corrected chi connectivity index (χ1v) is 17.3. The average Bonchev–Trinajstić information content (AvgIpc) is 2.97. The van der Waals surface area contributed by atoms with Crippen LogP contribution < -0.4 is 0 Å². The number of hydrogen-bond acceptors (Lipinski definition) is 2. The van der Waals surface area contributed by atoms with Crippen molar-refractivity contribution in [2.24, 2.45) is 20.8 Å². The fraction of sp³-hybridized carbons (Fsp3) is 0.659. The molecule has 0 heterocycles. The third-order valence-corrected chi connectivity index (χ3v) is 9.82. The number of allylic oxidation sites excluding steroid dienone is 12. The van der Waals surface area contributed by atoms with Crippen LogP contribution in [0.15, 0.2) is 78.9 Å². The zero-order chi connectivity index (χ0) is 32.8. The Bertz CT molecular complexity index is 1160. The summed E-state index contributed by atoms with van der Waals surface area (Å²) in [7, 11) is 3.83. The van der Waals surface area contributed by atoms with Crippen molar-refractivity contribution in [1.82, 2.24) is 0 Å². The van der Waals surface area contributed by atoms with E-state index in [1.165, 1.54) is 96.0 Å². The highest BCUT2D eigenvalue weighted by Crippen LogP contribution is 2.36. The smallest absolute Gasteiger partial charge is 0.0903 e. The summed E-state index contributed by atoms with van der Waals surface area (Å²) in [5, 5.41) is 0. The Morgan fingerprint density at radius 1 is 0.605 bits per heavy atom. The second-order valence-corrected chi connectivity index (χ2v) is 14.4. The Labute approximate surface area is 268 Å². The van der Waals surface area contributed by atoms with E-state index in [-0.39, 0.29) is 10.8 Å². The van der Waals surface area contributed by atoms with Crippen molar-refractivity contribution in [2.75, 3.05) is 14.1 Å². The lowest BCUT2D eigenvalue weighted by molar-refractivity contribution is 0.424. The molecular formula is C41H68N2. The van der Waals surface area contributed by atoms with Gasteiger partial charge in [-0.2, -0.15) is 0 Å². The topological polar surface area (TPSA) is 24.7 Å². The van der Waals surface area contributed by atoms with Crippen LogP contribution in [0.25, 0.3) is 0 Å². The molecule has 0 saturated heterocycles. The van der Waals surface area contributed by atoms with Gasteiger partial charge >= 0.3 is 0 Å². The van der Waals surface area contributed by atoms with Crippen LogP contribution in [0.4, 0.5) is 0 Å². The zero-order valence-electron chi connectivity index (χ0n) is 31.0. The lowest BCUT2D eigenvalue weighted by Gasteiger charge is -2.27. The summed E-state index contributed by atoms with van der Waals surface area (Å²) >= 11 is 0. The summed E-state index contributed by atoms with van der Waals surface area (Å²) in [6, 6.07) is 0. The highest BCUT2D eigenvalue weighted by Gasteiger charge is 2.25. The molecular weight excluding hydrogens is 520 g/mol. The SMILES string of the molecule is CCCCCCC(/C=C(\C)C1=CC=C(/C(C)=C/C(CCCCCC)=C(\C)C(C)(C)CC)C(=NC)C1=NC)=C(/C)C(C)(C)C. The van der Waals surface area contributed by atoms with Crippen molar-refractivity contribution in [2.45, 2.75) is 154 Å². The van der Waals surface area contributed by atoms with Crippen molar-refractivity contribution in [3.8, 4) is 0 Å². The van der Waals surface area contributed by atoms with Gasteiger partial charge in [-0.05, 0) is 92.9 Å². The fourth-order valence-corrected chi connectivity index (χ4v) is 5.75. The summed E-state index contributed by atoms with van der Waals surface area (Å²) in [5.74, 6) is 0. The first-order valence-electron chi connectivity index (χ1n) is 17.3. The van der Waals surface area contributed by atoms with Crippen LogP contribution >= 0.6 is 0 Å². The molecule has 0 bridgehead atoms. The average molecular weight is 589 g/mol. The Kier molecular flexibility index (Phi) is 16.7. The Morgan fingerprint density at radius 2 is 1.00 bits per heavy atom. The molecule has 0 amide bonds. The maximum Gasteiger partial charge on any atom is 0.0903 e. The highest BCUT2D eigenvalue weighted by atomic mass is 14.8. The van der Waals surface area contributed by atoms with Gasteiger partial charge in [0.2, 0.25) is 0 Å². The van der Waals surface area contributed by atoms with E-state index in [0.29, 0.717) is 0 Å². The molecule has 0 aromatic carbocycles. The van der Waals surface area contributed by atoms with Gasteiger partial charge in [0, 0.05) is 25.2 Å². The number of rotatable bonds is 16. The van der Waals surface area contributed by atoms with Crippen LogP contribution in [-0.4, -0.2) is 25.5 Å². The summed E-state index contributed by atoms with van der Waals surface area (Å²) in [5.41, 5.74) is 13.2. The van der Waals surface area contributed by atoms with E-state index >= 15 is 0 Å². The molecule has 0 unspecified atom stereocenters. The molecule has 0 radical (unpaired) electrons. The summed E-state index contributed by atoms with van der Waals surface area (Å²) in [6.07, 6.45) is 23.1. The molecule has 242 valence electrons. The number of unbranched alkanes of at least 4 members (excludes halogenated alkanes) is 6. The molecule has 2 nitrogen and oxygen atoms in total. The largest absolute Gasteiger partial charge is 0.286 e. The maximum absolute atomic E-state index is 4.84. The molecule has 0 aromatic heterocycles. The van der Waals surface area contributed by atoms with Gasteiger partial charge in [0.15, 0.2) is 0 Å². The second kappa shape index (κ2) is 18.6. The van der Waals surface area contributed by atoms with E-state index in [9.17, 15) is 0 Å². The van der Waals surface area contributed by atoms with E-state index in [4.69, 9.17) is 9.98 Å². The Balaban J connectivity index is 3.66. The standard InChI is InChI=1S/C41H68N2/c1-15-18-20-22-24-34(32(6)40(8,9)10)28-30(4)36-26-27-37(39(43-14)38(36)42-13)31(5)29-35(25-23-21-19-16-2)33(7)41(11,12)17-3/h26-29H,15-25H2,1-14H3/b30-28+,31-29+,34-32+,35-33+,42-38?,43-39?. The van der Waals surface area contributed by atoms with Crippen molar-refractivity contribution in [1.29, 1.82) is 0 Å². The van der Waals surface area contributed by atoms with Gasteiger partial charge in [-0.25, -0.2) is 0 Å². The minimum Gasteiger partial charge on any atom is -0.286 e. The third kappa shape index (κ3) is 11.7. The molecule has 0 spiro atoms. The number of aliphatic imine (C=N–C) groups is 2. The number of nitrogens with zero attached hydrogens (tertiary/aromatic N) is 2. The summed E-state index contributed by atoms with van der Waals surface area (Å²) < 4.78 is 0. The van der Waals surface area contributed by atoms with Gasteiger partial charge in [0.05, 0.1) is 11.4 Å². The molecule has 0 saturated carbocycles. The van der Waals surface area contributed by atoms with E-state index in [2.05, 4.69) is 107 Å². The van der Waals surface area contributed by atoms with Crippen molar-refractivity contribution in [3.05, 3.63) is 68.9 Å². The van der Waals surface area contributed by atoms with Gasteiger partial charge in [-0.15, -0.1) is 0 Å². The van der Waals surface area contributed by atoms with Crippen LogP contribution in [0.1, 0.15) is 154 Å². The quantitative estimate of drug-likeness (QED) is 0.0973. The monoisotopic (exact) mass is 589 g/mol. The van der Waals surface area contributed by atoms with Crippen LogP contribution in [0, 0.1) is 10.8 Å². The molecule has 2 heteroatoms. The maximum atomic E-state index is 4.84. The van der Waals surface area contributed by atoms with Gasteiger partial charge in [-0.3, -0.25) is 9.98 Å². The van der Waals surface area contributed by atoms with Crippen molar-refractivity contribution >= 4 is 11.4 Å². The summed E-state index contributed by atoms with van der Waals surface area (Å²) in [6.45, 7) is 27.8. The van der Waals surface area contributed by atoms with Crippen LogP contribution in [0.3, 0.4) is 0 Å². The van der Waals surface area contributed by atoms with Gasteiger partial charge in [0.1, 0.15) is 0 Å². The summed E-state index contributed by atoms with van der Waals surface area (Å²) in [4.78, 5) is 9.68. The Hall–Kier alpha value is -2.22. The normalized spacial score (nSPS) is 18.6. The van der Waals surface area contributed by atoms with E-state index in [0.717, 1.165) is 30.7 Å². The molecule has 0 aromatic rings. The first-order chi connectivity index (χ1) is 20.2. The van der Waals surface area contributed by atoms with Gasteiger partial charge in [0.25, 0.3) is 0 Å². The molecule has 43 heavy (non-hydrogen) atoms. The van der Waals surface area contributed by atoms with Gasteiger partial charge < -0.3 is 0 Å². The van der Waals surface area contributed by atoms with Gasteiger partial charge in [-0.1, -0.05) is 129 Å². The molecule has 1 aliphatic carbocycles. The molecule has 1 aliphatic rings. The second-order valence-electron chi connectivity index (χ2n) is 14.4. The lowest BCUT2D eigenvalue weighted by atomic mass is 9.78. The molecule has 0 atom stereocenters. The first kappa shape index (κ1) is 38.8. The lowest BCUT2D eigenvalue weighted by Crippen LogP contribution is -2.24. The number of hydrogen-bond donors (Lipinski definition) is 0. The van der Waals surface area contributed by atoms with Crippen molar-refractivity contribution < 1.29 is 0 Å². The van der Waals surface area contributed by atoms with Crippen LogP contribution in [0.2, 0.25) is 0 Å². The van der Waals surface area contributed by atoms with E-state index < -0.39 is 0 Å². The molecule has 0 fully saturated rings. The Morgan fingerprint density at radius 3 is 1.33 bits per heavy atom. The minimum absolute atomic E-state index is 0.150. The fourth-order valence-electron chi connectivity index (χ4n) is 5.75.